The van der Waals surface area contributed by atoms with Gasteiger partial charge < -0.3 is 14.5 Å². The minimum absolute atomic E-state index is 0.0685. The van der Waals surface area contributed by atoms with Gasteiger partial charge in [0.15, 0.2) is 0 Å². The van der Waals surface area contributed by atoms with Gasteiger partial charge in [0.1, 0.15) is 0 Å². The fraction of sp³-hybridized carbons (Fsp3) is 0.375. The smallest absolute Gasteiger partial charge is 0.409 e. The summed E-state index contributed by atoms with van der Waals surface area (Å²) in [6.07, 6.45) is -0.272. The first-order valence-corrected chi connectivity index (χ1v) is 8.26. The van der Waals surface area contributed by atoms with Crippen LogP contribution >= 0.6 is 11.3 Å². The van der Waals surface area contributed by atoms with Crippen molar-refractivity contribution in [2.24, 2.45) is 0 Å². The van der Waals surface area contributed by atoms with E-state index in [4.69, 9.17) is 4.74 Å². The molecule has 3 rings (SSSR count). The summed E-state index contributed by atoms with van der Waals surface area (Å²) < 4.78 is 6.01. The average molecular weight is 318 g/mol. The zero-order valence-electron chi connectivity index (χ0n) is 12.4. The number of piperazine rings is 1. The largest absolute Gasteiger partial charge is 0.450 e. The van der Waals surface area contributed by atoms with E-state index < -0.39 is 0 Å². The Labute approximate surface area is 132 Å². The molecule has 6 heteroatoms. The number of benzene rings is 1. The minimum atomic E-state index is -0.272. The monoisotopic (exact) mass is 318 g/mol. The molecule has 2 aromatic rings. The van der Waals surface area contributed by atoms with Gasteiger partial charge in [-0.15, -0.1) is 11.3 Å². The standard InChI is InChI=1S/C16H18N2O3S/c1-2-21-16(20)18-9-7-17(8-10-18)13-11-22-14-6-4-3-5-12(14)15(13)19/h3-6,11H,2,7-10H2,1H3. The molecular weight excluding hydrogens is 300 g/mol. The number of ether oxygens (including phenoxy) is 1. The van der Waals surface area contributed by atoms with Gasteiger partial charge in [0, 0.05) is 41.6 Å². The van der Waals surface area contributed by atoms with Gasteiger partial charge in [0.05, 0.1) is 12.3 Å². The summed E-state index contributed by atoms with van der Waals surface area (Å²) in [4.78, 5) is 28.1. The van der Waals surface area contributed by atoms with Crippen molar-refractivity contribution in [1.29, 1.82) is 0 Å². The van der Waals surface area contributed by atoms with Gasteiger partial charge in [0.2, 0.25) is 5.43 Å². The Morgan fingerprint density at radius 3 is 2.68 bits per heavy atom. The Morgan fingerprint density at radius 2 is 1.95 bits per heavy atom. The molecule has 2 heterocycles. The van der Waals surface area contributed by atoms with Crippen LogP contribution in [0.3, 0.4) is 0 Å². The van der Waals surface area contributed by atoms with Gasteiger partial charge in [-0.2, -0.15) is 0 Å². The highest BCUT2D eigenvalue weighted by Crippen LogP contribution is 2.22. The number of carbonyl (C=O) groups excluding carboxylic acids is 1. The van der Waals surface area contributed by atoms with E-state index in [-0.39, 0.29) is 11.5 Å². The molecule has 1 aliphatic rings. The second-order valence-electron chi connectivity index (χ2n) is 5.12. The van der Waals surface area contributed by atoms with Crippen molar-refractivity contribution >= 4 is 33.2 Å². The van der Waals surface area contributed by atoms with E-state index in [9.17, 15) is 9.59 Å². The molecular formula is C16H18N2O3S. The molecule has 0 aliphatic carbocycles. The molecule has 5 nitrogen and oxygen atoms in total. The molecule has 1 aromatic heterocycles. The van der Waals surface area contributed by atoms with Crippen molar-refractivity contribution in [1.82, 2.24) is 4.90 Å². The van der Waals surface area contributed by atoms with Gasteiger partial charge in [0.25, 0.3) is 0 Å². The number of rotatable bonds is 2. The predicted octanol–water partition coefficient (Wildman–Crippen LogP) is 2.54. The summed E-state index contributed by atoms with van der Waals surface area (Å²) in [5.41, 5.74) is 0.797. The first-order chi connectivity index (χ1) is 10.7. The van der Waals surface area contributed by atoms with Crippen molar-refractivity contribution < 1.29 is 9.53 Å². The number of hydrogen-bond donors (Lipinski definition) is 0. The van der Waals surface area contributed by atoms with Crippen molar-refractivity contribution in [2.75, 3.05) is 37.7 Å². The maximum atomic E-state index is 12.6. The molecule has 0 unspecified atom stereocenters. The lowest BCUT2D eigenvalue weighted by molar-refractivity contribution is 0.105. The van der Waals surface area contributed by atoms with E-state index in [2.05, 4.69) is 4.90 Å². The minimum Gasteiger partial charge on any atom is -0.450 e. The Kier molecular flexibility index (Phi) is 4.29. The zero-order chi connectivity index (χ0) is 15.5. The highest BCUT2D eigenvalue weighted by molar-refractivity contribution is 7.16. The number of fused-ring (bicyclic) bond motifs is 1. The summed E-state index contributed by atoms with van der Waals surface area (Å²) >= 11 is 1.58. The van der Waals surface area contributed by atoms with Crippen LogP contribution in [0, 0.1) is 0 Å². The molecule has 116 valence electrons. The molecule has 1 saturated heterocycles. The molecule has 22 heavy (non-hydrogen) atoms. The van der Waals surface area contributed by atoms with Crippen LogP contribution in [0.1, 0.15) is 6.92 Å². The van der Waals surface area contributed by atoms with Crippen molar-refractivity contribution in [3.05, 3.63) is 39.9 Å². The summed E-state index contributed by atoms with van der Waals surface area (Å²) in [6, 6.07) is 7.66. The van der Waals surface area contributed by atoms with Crippen molar-refractivity contribution in [3.8, 4) is 0 Å². The lowest BCUT2D eigenvalue weighted by atomic mass is 10.2. The van der Waals surface area contributed by atoms with Crippen LogP contribution in [0.5, 0.6) is 0 Å². The third kappa shape index (κ3) is 2.78. The summed E-state index contributed by atoms with van der Waals surface area (Å²) in [6.45, 7) is 4.65. The van der Waals surface area contributed by atoms with Gasteiger partial charge in [-0.05, 0) is 19.1 Å². The molecule has 0 bridgehead atoms. The van der Waals surface area contributed by atoms with Crippen LogP contribution < -0.4 is 10.3 Å². The maximum absolute atomic E-state index is 12.6. The second-order valence-corrected chi connectivity index (χ2v) is 6.03. The Hall–Kier alpha value is -2.08. The van der Waals surface area contributed by atoms with Gasteiger partial charge in [-0.3, -0.25) is 4.79 Å². The van der Waals surface area contributed by atoms with Crippen LogP contribution in [0.25, 0.3) is 10.1 Å². The van der Waals surface area contributed by atoms with E-state index >= 15 is 0 Å². The highest BCUT2D eigenvalue weighted by Gasteiger charge is 2.23. The Bertz CT molecular complexity index is 735. The van der Waals surface area contributed by atoms with E-state index in [1.807, 2.05) is 29.6 Å². The Balaban J connectivity index is 1.78. The predicted molar refractivity (Wildman–Crippen MR) is 88.9 cm³/mol. The molecule has 0 atom stereocenters. The van der Waals surface area contributed by atoms with Gasteiger partial charge in [-0.1, -0.05) is 12.1 Å². The quantitative estimate of drug-likeness (QED) is 0.854. The highest BCUT2D eigenvalue weighted by atomic mass is 32.1. The molecule has 1 aromatic carbocycles. The molecule has 1 aliphatic heterocycles. The number of hydrogen-bond acceptors (Lipinski definition) is 5. The molecule has 1 amide bonds. The van der Waals surface area contributed by atoms with E-state index in [0.717, 1.165) is 15.8 Å². The first-order valence-electron chi connectivity index (χ1n) is 7.38. The lowest BCUT2D eigenvalue weighted by Crippen LogP contribution is -2.49. The second kappa shape index (κ2) is 6.36. The topological polar surface area (TPSA) is 49.9 Å². The molecule has 0 radical (unpaired) electrons. The summed E-state index contributed by atoms with van der Waals surface area (Å²) in [7, 11) is 0. The number of amides is 1. The first kappa shape index (κ1) is 14.8. The summed E-state index contributed by atoms with van der Waals surface area (Å²) in [5, 5.41) is 2.68. The SMILES string of the molecule is CCOC(=O)N1CCN(c2csc3ccccc3c2=O)CC1. The molecule has 0 N–H and O–H groups in total. The maximum Gasteiger partial charge on any atom is 0.409 e. The van der Waals surface area contributed by atoms with E-state index in [1.54, 1.807) is 23.2 Å². The summed E-state index contributed by atoms with van der Waals surface area (Å²) in [5.74, 6) is 0. The average Bonchev–Trinajstić information content (AvgIpc) is 2.56. The molecule has 0 spiro atoms. The number of carbonyl (C=O) groups is 1. The van der Waals surface area contributed by atoms with Gasteiger partial charge in [-0.25, -0.2) is 4.79 Å². The van der Waals surface area contributed by atoms with Crippen LogP contribution in [0.2, 0.25) is 0 Å². The fourth-order valence-corrected chi connectivity index (χ4v) is 3.57. The van der Waals surface area contributed by atoms with Gasteiger partial charge >= 0.3 is 6.09 Å². The fourth-order valence-electron chi connectivity index (χ4n) is 2.63. The van der Waals surface area contributed by atoms with Crippen LogP contribution in [0.4, 0.5) is 10.5 Å². The zero-order valence-corrected chi connectivity index (χ0v) is 13.3. The molecule has 0 saturated carbocycles. The number of nitrogens with zero attached hydrogens (tertiary/aromatic N) is 2. The van der Waals surface area contributed by atoms with Crippen molar-refractivity contribution in [2.45, 2.75) is 6.92 Å². The third-order valence-electron chi connectivity index (χ3n) is 3.81. The van der Waals surface area contributed by atoms with Crippen LogP contribution in [0.15, 0.2) is 34.4 Å². The van der Waals surface area contributed by atoms with Crippen LogP contribution in [-0.4, -0.2) is 43.8 Å². The van der Waals surface area contributed by atoms with Crippen molar-refractivity contribution in [3.63, 3.8) is 0 Å². The van der Waals surface area contributed by atoms with E-state index in [1.165, 1.54) is 0 Å². The Morgan fingerprint density at radius 1 is 1.23 bits per heavy atom. The lowest BCUT2D eigenvalue weighted by Gasteiger charge is -2.34. The van der Waals surface area contributed by atoms with E-state index in [0.29, 0.717) is 32.8 Å². The number of anilines is 1. The molecule has 1 fully saturated rings. The third-order valence-corrected chi connectivity index (χ3v) is 4.76. The van der Waals surface area contributed by atoms with Crippen LogP contribution in [-0.2, 0) is 4.74 Å². The normalized spacial score (nSPS) is 15.1.